The molecule has 0 aliphatic heterocycles. The Morgan fingerprint density at radius 3 is 2.57 bits per heavy atom. The molecule has 2 aromatic carbocycles. The predicted molar refractivity (Wildman–Crippen MR) is 107 cm³/mol. The summed E-state index contributed by atoms with van der Waals surface area (Å²) in [7, 11) is 0. The first kappa shape index (κ1) is 16.7. The summed E-state index contributed by atoms with van der Waals surface area (Å²) in [4.78, 5) is 23.3. The molecular weight excluding hydrogens is 378 g/mol. The summed E-state index contributed by atoms with van der Waals surface area (Å²) in [6.07, 6.45) is 1.70. The molecule has 3 heterocycles. The Balaban J connectivity index is 1.82. The number of furan rings is 1. The van der Waals surface area contributed by atoms with E-state index >= 15 is 0 Å². The Morgan fingerprint density at radius 2 is 1.82 bits per heavy atom. The molecule has 5 rings (SSSR count). The minimum atomic E-state index is -0.608. The fraction of sp³-hybridized carbons (Fsp3) is 0.0952. The summed E-state index contributed by atoms with van der Waals surface area (Å²) >= 11 is 0.659. The maximum Gasteiger partial charge on any atom is 0.414 e. The maximum atomic E-state index is 12.5. The molecule has 0 saturated carbocycles. The van der Waals surface area contributed by atoms with Crippen LogP contribution in [0.1, 0.15) is 11.1 Å². The number of benzene rings is 2. The number of hydrogen-bond donors (Lipinski definition) is 0. The zero-order valence-corrected chi connectivity index (χ0v) is 15.8. The number of nitrogens with zero attached hydrogens (tertiary/aromatic N) is 1. The lowest BCUT2D eigenvalue weighted by atomic mass is 9.99. The van der Waals surface area contributed by atoms with Crippen LogP contribution >= 0.6 is 11.5 Å². The van der Waals surface area contributed by atoms with Gasteiger partial charge in [0, 0.05) is 22.4 Å². The second-order valence-corrected chi connectivity index (χ2v) is 7.29. The van der Waals surface area contributed by atoms with Gasteiger partial charge in [-0.25, -0.2) is 9.59 Å². The highest BCUT2D eigenvalue weighted by atomic mass is 32.1. The largest absolute Gasteiger partial charge is 0.464 e. The van der Waals surface area contributed by atoms with Gasteiger partial charge in [-0.15, -0.1) is 4.37 Å². The normalized spacial score (nSPS) is 11.5. The minimum Gasteiger partial charge on any atom is -0.464 e. The molecule has 138 valence electrons. The standard InChI is InChI=1S/C21H13NO5S/c1-10-4-3-5-12(6-10)15-9-25-16-8-17-13(7-14(15)16)11(2)18(20(23)26-17)19-22-28-21(24)27-19/h3-9H,1-2H3. The monoisotopic (exact) mass is 391 g/mol. The Hall–Kier alpha value is -3.45. The Morgan fingerprint density at radius 1 is 0.964 bits per heavy atom. The summed E-state index contributed by atoms with van der Waals surface area (Å²) in [6, 6.07) is 11.8. The molecule has 3 aromatic heterocycles. The van der Waals surface area contributed by atoms with Crippen molar-refractivity contribution < 1.29 is 13.3 Å². The van der Waals surface area contributed by atoms with Crippen LogP contribution in [0.25, 0.3) is 44.5 Å². The number of aryl methyl sites for hydroxylation is 2. The van der Waals surface area contributed by atoms with Gasteiger partial charge in [-0.1, -0.05) is 29.8 Å². The van der Waals surface area contributed by atoms with Crippen LogP contribution in [-0.4, -0.2) is 4.37 Å². The zero-order valence-electron chi connectivity index (χ0n) is 14.9. The smallest absolute Gasteiger partial charge is 0.414 e. The summed E-state index contributed by atoms with van der Waals surface area (Å²) in [5.41, 5.74) is 4.36. The average molecular weight is 391 g/mol. The van der Waals surface area contributed by atoms with Crippen molar-refractivity contribution in [3.05, 3.63) is 73.9 Å². The Kier molecular flexibility index (Phi) is 3.60. The van der Waals surface area contributed by atoms with Crippen LogP contribution in [0.2, 0.25) is 0 Å². The van der Waals surface area contributed by atoms with Crippen molar-refractivity contribution in [3.63, 3.8) is 0 Å². The van der Waals surface area contributed by atoms with Crippen LogP contribution in [0, 0.1) is 13.8 Å². The van der Waals surface area contributed by atoms with E-state index < -0.39 is 10.6 Å². The first-order valence-electron chi connectivity index (χ1n) is 8.54. The zero-order chi connectivity index (χ0) is 19.4. The van der Waals surface area contributed by atoms with Crippen molar-refractivity contribution >= 4 is 33.5 Å². The predicted octanol–water partition coefficient (Wildman–Crippen LogP) is 4.90. The van der Waals surface area contributed by atoms with Gasteiger partial charge in [-0.2, -0.15) is 0 Å². The highest BCUT2D eigenvalue weighted by Gasteiger charge is 2.20. The quantitative estimate of drug-likeness (QED) is 0.398. The molecule has 0 unspecified atom stereocenters. The van der Waals surface area contributed by atoms with Crippen LogP contribution in [0.15, 0.2) is 65.5 Å². The molecule has 28 heavy (non-hydrogen) atoms. The van der Waals surface area contributed by atoms with Gasteiger partial charge in [0.25, 0.3) is 0 Å². The van der Waals surface area contributed by atoms with E-state index in [-0.39, 0.29) is 11.5 Å². The summed E-state index contributed by atoms with van der Waals surface area (Å²) in [5, 5.41) is 1.63. The van der Waals surface area contributed by atoms with Crippen LogP contribution in [-0.2, 0) is 0 Å². The average Bonchev–Trinajstić information content (AvgIpc) is 3.26. The molecule has 5 aromatic rings. The summed E-state index contributed by atoms with van der Waals surface area (Å²) in [6.45, 7) is 3.82. The second kappa shape index (κ2) is 6.03. The van der Waals surface area contributed by atoms with E-state index in [1.54, 1.807) is 19.3 Å². The molecular formula is C21H13NO5S. The van der Waals surface area contributed by atoms with Crippen LogP contribution in [0.3, 0.4) is 0 Å². The number of hydrogen-bond acceptors (Lipinski definition) is 7. The molecule has 0 N–H and O–H groups in total. The van der Waals surface area contributed by atoms with Gasteiger partial charge in [0.15, 0.2) is 0 Å². The molecule has 0 fully saturated rings. The Labute approximate surface area is 161 Å². The lowest BCUT2D eigenvalue weighted by molar-refractivity contribution is 0.525. The first-order chi connectivity index (χ1) is 13.5. The molecule has 0 aliphatic carbocycles. The highest BCUT2D eigenvalue weighted by molar-refractivity contribution is 7.02. The third kappa shape index (κ3) is 2.51. The molecule has 0 spiro atoms. The molecule has 0 saturated heterocycles. The fourth-order valence-corrected chi connectivity index (χ4v) is 3.85. The Bertz CT molecular complexity index is 1480. The van der Waals surface area contributed by atoms with E-state index in [1.807, 2.05) is 31.2 Å². The maximum absolute atomic E-state index is 12.5. The van der Waals surface area contributed by atoms with E-state index in [1.165, 1.54) is 0 Å². The molecule has 0 radical (unpaired) electrons. The van der Waals surface area contributed by atoms with Gasteiger partial charge in [0.05, 0.1) is 17.8 Å². The SMILES string of the molecule is Cc1cccc(-c2coc3cc4oc(=O)c(-c5nsc(=O)o5)c(C)c4cc23)c1. The number of fused-ring (bicyclic) bond motifs is 2. The van der Waals surface area contributed by atoms with Crippen molar-refractivity contribution in [1.29, 1.82) is 0 Å². The van der Waals surface area contributed by atoms with Gasteiger partial charge >= 0.3 is 10.6 Å². The van der Waals surface area contributed by atoms with E-state index in [0.717, 1.165) is 27.5 Å². The van der Waals surface area contributed by atoms with Crippen molar-refractivity contribution in [2.75, 3.05) is 0 Å². The van der Waals surface area contributed by atoms with Gasteiger partial charge in [-0.3, -0.25) is 0 Å². The van der Waals surface area contributed by atoms with E-state index in [4.69, 9.17) is 13.3 Å². The molecule has 0 atom stereocenters. The lowest BCUT2D eigenvalue weighted by Crippen LogP contribution is -2.06. The lowest BCUT2D eigenvalue weighted by Gasteiger charge is -2.06. The van der Waals surface area contributed by atoms with Crippen molar-refractivity contribution in [1.82, 2.24) is 4.37 Å². The van der Waals surface area contributed by atoms with Crippen molar-refractivity contribution in [2.24, 2.45) is 0 Å². The molecule has 6 nitrogen and oxygen atoms in total. The highest BCUT2D eigenvalue weighted by Crippen LogP contribution is 2.35. The minimum absolute atomic E-state index is 0.0191. The van der Waals surface area contributed by atoms with Gasteiger partial charge in [0.1, 0.15) is 16.7 Å². The number of rotatable bonds is 2. The van der Waals surface area contributed by atoms with Crippen molar-refractivity contribution in [2.45, 2.75) is 13.8 Å². The van der Waals surface area contributed by atoms with Crippen LogP contribution in [0.5, 0.6) is 0 Å². The summed E-state index contributed by atoms with van der Waals surface area (Å²) in [5.74, 6) is -0.0191. The van der Waals surface area contributed by atoms with Gasteiger partial charge in [0.2, 0.25) is 5.89 Å². The topological polar surface area (TPSA) is 86.5 Å². The molecule has 7 heteroatoms. The van der Waals surface area contributed by atoms with E-state index in [2.05, 4.69) is 10.4 Å². The van der Waals surface area contributed by atoms with E-state index in [0.29, 0.717) is 28.3 Å². The molecule has 0 bridgehead atoms. The third-order valence-electron chi connectivity index (χ3n) is 4.79. The fourth-order valence-electron chi connectivity index (χ4n) is 3.45. The van der Waals surface area contributed by atoms with Crippen LogP contribution in [0.4, 0.5) is 0 Å². The first-order valence-corrected chi connectivity index (χ1v) is 9.31. The second-order valence-electron chi connectivity index (χ2n) is 6.59. The number of aromatic nitrogens is 1. The van der Waals surface area contributed by atoms with Gasteiger partial charge < -0.3 is 13.3 Å². The van der Waals surface area contributed by atoms with E-state index in [9.17, 15) is 9.59 Å². The van der Waals surface area contributed by atoms with Gasteiger partial charge in [-0.05, 0) is 31.0 Å². The molecule has 0 amide bonds. The van der Waals surface area contributed by atoms with Crippen molar-refractivity contribution in [3.8, 4) is 22.6 Å². The third-order valence-corrected chi connectivity index (χ3v) is 5.28. The summed E-state index contributed by atoms with van der Waals surface area (Å²) < 4.78 is 20.1. The molecule has 0 aliphatic rings. The van der Waals surface area contributed by atoms with Crippen LogP contribution < -0.4 is 10.6 Å².